The fourth-order valence-electron chi connectivity index (χ4n) is 0.751. The molecule has 0 amide bonds. The van der Waals surface area contributed by atoms with E-state index in [0.29, 0.717) is 11.3 Å². The molecule has 0 saturated heterocycles. The molecule has 0 fully saturated rings. The summed E-state index contributed by atoms with van der Waals surface area (Å²) in [7, 11) is 0. The summed E-state index contributed by atoms with van der Waals surface area (Å²) in [6.45, 7) is 0. The lowest BCUT2D eigenvalue weighted by Crippen LogP contribution is -1.81. The van der Waals surface area contributed by atoms with Crippen molar-refractivity contribution in [3.8, 4) is 17.6 Å². The van der Waals surface area contributed by atoms with Crippen LogP contribution >= 0.6 is 12.6 Å². The van der Waals surface area contributed by atoms with E-state index in [1.54, 1.807) is 6.07 Å². The molecule has 0 heterocycles. The van der Waals surface area contributed by atoms with Gasteiger partial charge < -0.3 is 5.11 Å². The number of benzene rings is 1. The van der Waals surface area contributed by atoms with Crippen molar-refractivity contribution in [3.63, 3.8) is 0 Å². The lowest BCUT2D eigenvalue weighted by atomic mass is 10.2. The van der Waals surface area contributed by atoms with Gasteiger partial charge in [-0.25, -0.2) is 4.39 Å². The topological polar surface area (TPSA) is 20.2 Å². The van der Waals surface area contributed by atoms with Crippen molar-refractivity contribution in [1.29, 1.82) is 0 Å². The molecule has 0 bridgehead atoms. The van der Waals surface area contributed by atoms with Gasteiger partial charge in [0.15, 0.2) is 11.6 Å². The Morgan fingerprint density at radius 1 is 1.50 bits per heavy atom. The van der Waals surface area contributed by atoms with Crippen molar-refractivity contribution in [1.82, 2.24) is 0 Å². The van der Waals surface area contributed by atoms with E-state index in [2.05, 4.69) is 24.5 Å². The van der Waals surface area contributed by atoms with E-state index in [9.17, 15) is 4.39 Å². The third kappa shape index (κ3) is 1.93. The molecule has 0 radical (unpaired) electrons. The minimum absolute atomic E-state index is 0.295. The van der Waals surface area contributed by atoms with Crippen LogP contribution in [0.1, 0.15) is 5.56 Å². The zero-order valence-electron chi connectivity index (χ0n) is 6.21. The molecule has 0 aliphatic heterocycles. The first kappa shape index (κ1) is 8.95. The van der Waals surface area contributed by atoms with E-state index in [1.165, 1.54) is 12.1 Å². The number of rotatable bonds is 0. The molecule has 1 aromatic carbocycles. The molecule has 12 heavy (non-hydrogen) atoms. The first-order valence-electron chi connectivity index (χ1n) is 3.33. The van der Waals surface area contributed by atoms with Crippen LogP contribution in [0.3, 0.4) is 0 Å². The first-order chi connectivity index (χ1) is 5.75. The number of aromatic hydroxyl groups is 1. The molecule has 0 spiro atoms. The van der Waals surface area contributed by atoms with Gasteiger partial charge in [0, 0.05) is 0 Å². The first-order valence-corrected chi connectivity index (χ1v) is 3.96. The van der Waals surface area contributed by atoms with Crippen molar-refractivity contribution in [2.45, 2.75) is 0 Å². The summed E-state index contributed by atoms with van der Waals surface area (Å²) in [5.74, 6) is 4.54. The molecule has 0 saturated carbocycles. The van der Waals surface area contributed by atoms with Crippen molar-refractivity contribution < 1.29 is 9.50 Å². The Labute approximate surface area is 75.6 Å². The van der Waals surface area contributed by atoms with Crippen molar-refractivity contribution in [3.05, 3.63) is 29.6 Å². The highest BCUT2D eigenvalue weighted by Crippen LogP contribution is 2.19. The van der Waals surface area contributed by atoms with Crippen LogP contribution < -0.4 is 0 Å². The molecular weight excluding hydrogens is 175 g/mol. The van der Waals surface area contributed by atoms with Gasteiger partial charge in [-0.3, -0.25) is 0 Å². The smallest absolute Gasteiger partial charge is 0.167 e. The fourth-order valence-corrected chi connectivity index (χ4v) is 0.830. The molecule has 0 aliphatic rings. The van der Waals surface area contributed by atoms with E-state index in [1.807, 2.05) is 0 Å². The molecular formula is C9H7FOS. The average Bonchev–Trinajstić information content (AvgIpc) is 2.08. The normalized spacial score (nSPS) is 8.83. The minimum Gasteiger partial charge on any atom is -0.504 e. The van der Waals surface area contributed by atoms with Crippen molar-refractivity contribution >= 4 is 12.6 Å². The predicted octanol–water partition coefficient (Wildman–Crippen LogP) is 1.81. The van der Waals surface area contributed by atoms with Gasteiger partial charge in [0.25, 0.3) is 0 Å². The summed E-state index contributed by atoms with van der Waals surface area (Å²) in [5.41, 5.74) is 0.295. The van der Waals surface area contributed by atoms with E-state index < -0.39 is 11.6 Å². The molecule has 0 atom stereocenters. The zero-order valence-corrected chi connectivity index (χ0v) is 7.11. The highest BCUT2D eigenvalue weighted by molar-refractivity contribution is 7.80. The summed E-state index contributed by atoms with van der Waals surface area (Å²) in [6, 6.07) is 4.23. The number of thiol groups is 1. The Morgan fingerprint density at radius 2 is 2.25 bits per heavy atom. The molecule has 0 aromatic heterocycles. The third-order valence-corrected chi connectivity index (χ3v) is 1.45. The van der Waals surface area contributed by atoms with Gasteiger partial charge in [0.1, 0.15) is 0 Å². The van der Waals surface area contributed by atoms with Crippen LogP contribution in [0.15, 0.2) is 18.2 Å². The molecule has 1 N–H and O–H groups in total. The summed E-state index contributed by atoms with van der Waals surface area (Å²) in [6.07, 6.45) is 0. The molecule has 0 aliphatic carbocycles. The number of phenolic OH excluding ortho intramolecular Hbond substituents is 1. The Morgan fingerprint density at radius 3 is 2.92 bits per heavy atom. The van der Waals surface area contributed by atoms with E-state index in [4.69, 9.17) is 5.11 Å². The van der Waals surface area contributed by atoms with Gasteiger partial charge in [0.05, 0.1) is 11.3 Å². The number of halogens is 1. The largest absolute Gasteiger partial charge is 0.504 e. The SMILES string of the molecule is Oc1c(F)cccc1C#CCS. The summed E-state index contributed by atoms with van der Waals surface area (Å²) < 4.78 is 12.7. The van der Waals surface area contributed by atoms with Gasteiger partial charge in [-0.05, 0) is 12.1 Å². The van der Waals surface area contributed by atoms with E-state index >= 15 is 0 Å². The average molecular weight is 182 g/mol. The molecule has 1 nitrogen and oxygen atoms in total. The maximum Gasteiger partial charge on any atom is 0.167 e. The van der Waals surface area contributed by atoms with Crippen LogP contribution in [-0.4, -0.2) is 10.9 Å². The number of para-hydroxylation sites is 1. The van der Waals surface area contributed by atoms with Gasteiger partial charge in [-0.1, -0.05) is 17.9 Å². The maximum absolute atomic E-state index is 12.7. The Hall–Kier alpha value is -1.14. The lowest BCUT2D eigenvalue weighted by molar-refractivity contribution is 0.431. The predicted molar refractivity (Wildman–Crippen MR) is 48.8 cm³/mol. The Balaban J connectivity index is 3.08. The number of phenols is 1. The van der Waals surface area contributed by atoms with Crippen molar-refractivity contribution in [2.24, 2.45) is 0 Å². The zero-order chi connectivity index (χ0) is 8.97. The molecule has 1 aromatic rings. The molecule has 3 heteroatoms. The minimum atomic E-state index is -0.652. The fraction of sp³-hybridized carbons (Fsp3) is 0.111. The summed E-state index contributed by atoms with van der Waals surface area (Å²) in [5, 5.41) is 9.12. The number of hydrogen-bond donors (Lipinski definition) is 2. The van der Waals surface area contributed by atoms with Gasteiger partial charge in [0.2, 0.25) is 0 Å². The molecule has 1 rings (SSSR count). The van der Waals surface area contributed by atoms with Crippen molar-refractivity contribution in [2.75, 3.05) is 5.75 Å². The highest BCUT2D eigenvalue weighted by Gasteiger charge is 2.02. The second-order valence-corrected chi connectivity index (χ2v) is 2.41. The Kier molecular flexibility index (Phi) is 3.01. The summed E-state index contributed by atoms with van der Waals surface area (Å²) in [4.78, 5) is 0. The van der Waals surface area contributed by atoms with Crippen LogP contribution in [0, 0.1) is 17.7 Å². The van der Waals surface area contributed by atoms with E-state index in [0.717, 1.165) is 0 Å². The second kappa shape index (κ2) is 4.03. The maximum atomic E-state index is 12.7. The molecule has 0 unspecified atom stereocenters. The van der Waals surface area contributed by atoms with Gasteiger partial charge in [-0.2, -0.15) is 12.6 Å². The van der Waals surface area contributed by atoms with Crippen LogP contribution in [0.5, 0.6) is 5.75 Å². The second-order valence-electron chi connectivity index (χ2n) is 2.10. The quantitative estimate of drug-likeness (QED) is 0.463. The van der Waals surface area contributed by atoms with Crippen LogP contribution in [0.25, 0.3) is 0 Å². The van der Waals surface area contributed by atoms with E-state index in [-0.39, 0.29) is 0 Å². The summed E-state index contributed by atoms with van der Waals surface area (Å²) >= 11 is 3.86. The lowest BCUT2D eigenvalue weighted by Gasteiger charge is -1.96. The van der Waals surface area contributed by atoms with Crippen LogP contribution in [0.2, 0.25) is 0 Å². The number of hydrogen-bond acceptors (Lipinski definition) is 2. The monoisotopic (exact) mass is 182 g/mol. The van der Waals surface area contributed by atoms with Crippen LogP contribution in [-0.2, 0) is 0 Å². The Bertz CT molecular complexity index is 338. The molecule has 62 valence electrons. The van der Waals surface area contributed by atoms with Gasteiger partial charge in [-0.15, -0.1) is 0 Å². The standard InChI is InChI=1S/C9H7FOS/c10-8-5-1-3-7(9(8)11)4-2-6-12/h1,3,5,11-12H,6H2. The highest BCUT2D eigenvalue weighted by atomic mass is 32.1. The third-order valence-electron chi connectivity index (χ3n) is 1.29. The van der Waals surface area contributed by atoms with Crippen LogP contribution in [0.4, 0.5) is 4.39 Å². The van der Waals surface area contributed by atoms with Gasteiger partial charge >= 0.3 is 0 Å².